The number of aliphatic hydroxyl groups excluding tert-OH is 1. The molecule has 3 nitrogen and oxygen atoms in total. The minimum atomic E-state index is -0.0757. The Labute approximate surface area is 82.1 Å². The van der Waals surface area contributed by atoms with Crippen molar-refractivity contribution in [2.45, 2.75) is 6.61 Å². The molecule has 0 radical (unpaired) electrons. The lowest BCUT2D eigenvalue weighted by atomic mass is 10.2. The van der Waals surface area contributed by atoms with Gasteiger partial charge in [-0.15, -0.1) is 0 Å². The van der Waals surface area contributed by atoms with Crippen LogP contribution in [-0.4, -0.2) is 15.1 Å². The Hall–Kier alpha value is -1.74. The van der Waals surface area contributed by atoms with Crippen LogP contribution in [0.1, 0.15) is 5.69 Å². The van der Waals surface area contributed by atoms with E-state index in [2.05, 4.69) is 9.97 Å². The molecule has 1 N–H and O–H groups in total. The number of benzene rings is 1. The van der Waals surface area contributed by atoms with Crippen molar-refractivity contribution >= 4 is 0 Å². The van der Waals surface area contributed by atoms with Gasteiger partial charge in [0.1, 0.15) is 0 Å². The Kier molecular flexibility index (Phi) is 2.51. The topological polar surface area (TPSA) is 46.0 Å². The third-order valence-corrected chi connectivity index (χ3v) is 1.92. The molecule has 2 aromatic rings. The predicted octanol–water partition coefficient (Wildman–Crippen LogP) is 1.64. The van der Waals surface area contributed by atoms with Gasteiger partial charge in [0.15, 0.2) is 0 Å². The molecule has 0 saturated carbocycles. The van der Waals surface area contributed by atoms with Gasteiger partial charge in [-0.2, -0.15) is 0 Å². The van der Waals surface area contributed by atoms with Crippen LogP contribution in [0.25, 0.3) is 11.3 Å². The molecule has 2 rings (SSSR count). The Morgan fingerprint density at radius 1 is 1.07 bits per heavy atom. The van der Waals surface area contributed by atoms with E-state index in [-0.39, 0.29) is 6.61 Å². The number of aliphatic hydroxyl groups is 1. The molecule has 0 aliphatic carbocycles. The summed E-state index contributed by atoms with van der Waals surface area (Å²) in [6, 6.07) is 9.77. The molecule has 0 atom stereocenters. The van der Waals surface area contributed by atoms with Crippen molar-refractivity contribution in [3.05, 3.63) is 48.4 Å². The van der Waals surface area contributed by atoms with Crippen LogP contribution in [0.2, 0.25) is 0 Å². The van der Waals surface area contributed by atoms with Crippen LogP contribution in [0.4, 0.5) is 0 Å². The van der Waals surface area contributed by atoms with Crippen LogP contribution in [0.3, 0.4) is 0 Å². The molecule has 14 heavy (non-hydrogen) atoms. The van der Waals surface area contributed by atoms with Gasteiger partial charge in [0.25, 0.3) is 0 Å². The third kappa shape index (κ3) is 1.78. The summed E-state index contributed by atoms with van der Waals surface area (Å²) < 4.78 is 0. The zero-order chi connectivity index (χ0) is 9.80. The van der Waals surface area contributed by atoms with Gasteiger partial charge in [-0.3, -0.25) is 4.98 Å². The summed E-state index contributed by atoms with van der Waals surface area (Å²) in [4.78, 5) is 8.26. The second-order valence-electron chi connectivity index (χ2n) is 2.92. The van der Waals surface area contributed by atoms with Crippen molar-refractivity contribution < 1.29 is 5.11 Å². The van der Waals surface area contributed by atoms with Gasteiger partial charge in [0.05, 0.1) is 30.4 Å². The first-order valence-electron chi connectivity index (χ1n) is 4.37. The average Bonchev–Trinajstić information content (AvgIpc) is 2.30. The monoisotopic (exact) mass is 186 g/mol. The first-order chi connectivity index (χ1) is 6.90. The smallest absolute Gasteiger partial charge is 0.0889 e. The molecular formula is C11H10N2O. The number of aromatic nitrogens is 2. The van der Waals surface area contributed by atoms with Gasteiger partial charge < -0.3 is 5.11 Å². The summed E-state index contributed by atoms with van der Waals surface area (Å²) in [6.07, 6.45) is 3.25. The highest BCUT2D eigenvalue weighted by atomic mass is 16.3. The largest absolute Gasteiger partial charge is 0.390 e. The molecular weight excluding hydrogens is 176 g/mol. The summed E-state index contributed by atoms with van der Waals surface area (Å²) in [5.74, 6) is 0. The highest BCUT2D eigenvalue weighted by Crippen LogP contribution is 2.14. The first-order valence-corrected chi connectivity index (χ1v) is 4.37. The fourth-order valence-corrected chi connectivity index (χ4v) is 1.23. The lowest BCUT2D eigenvalue weighted by Crippen LogP contribution is -1.93. The fraction of sp³-hybridized carbons (Fsp3) is 0.0909. The van der Waals surface area contributed by atoms with E-state index in [1.54, 1.807) is 12.4 Å². The molecule has 3 heteroatoms. The van der Waals surface area contributed by atoms with E-state index < -0.39 is 0 Å². The minimum absolute atomic E-state index is 0.0757. The van der Waals surface area contributed by atoms with Crippen molar-refractivity contribution in [3.63, 3.8) is 0 Å². The van der Waals surface area contributed by atoms with Crippen molar-refractivity contribution in [2.24, 2.45) is 0 Å². The van der Waals surface area contributed by atoms with E-state index in [1.807, 2.05) is 30.3 Å². The van der Waals surface area contributed by atoms with E-state index >= 15 is 0 Å². The second-order valence-corrected chi connectivity index (χ2v) is 2.92. The van der Waals surface area contributed by atoms with Gasteiger partial charge in [-0.1, -0.05) is 30.3 Å². The van der Waals surface area contributed by atoms with Crippen LogP contribution in [-0.2, 0) is 6.61 Å². The number of hydrogen-bond donors (Lipinski definition) is 1. The lowest BCUT2D eigenvalue weighted by Gasteiger charge is -2.01. The maximum atomic E-state index is 8.91. The molecule has 0 aliphatic rings. The molecule has 0 fully saturated rings. The molecule has 0 bridgehead atoms. The average molecular weight is 186 g/mol. The lowest BCUT2D eigenvalue weighted by molar-refractivity contribution is 0.276. The Bertz CT molecular complexity index is 415. The van der Waals surface area contributed by atoms with Crippen LogP contribution in [0.5, 0.6) is 0 Å². The molecule has 0 amide bonds. The predicted molar refractivity (Wildman–Crippen MR) is 53.4 cm³/mol. The Morgan fingerprint density at radius 2 is 1.86 bits per heavy atom. The quantitative estimate of drug-likeness (QED) is 0.775. The summed E-state index contributed by atoms with van der Waals surface area (Å²) in [7, 11) is 0. The van der Waals surface area contributed by atoms with E-state index in [4.69, 9.17) is 5.11 Å². The van der Waals surface area contributed by atoms with E-state index in [1.165, 1.54) is 0 Å². The molecule has 0 aliphatic heterocycles. The van der Waals surface area contributed by atoms with E-state index in [0.717, 1.165) is 11.3 Å². The summed E-state index contributed by atoms with van der Waals surface area (Å²) in [6.45, 7) is -0.0757. The SMILES string of the molecule is OCc1cncc(-c2ccccc2)n1. The number of nitrogens with zero attached hydrogens (tertiary/aromatic N) is 2. The van der Waals surface area contributed by atoms with Crippen LogP contribution >= 0.6 is 0 Å². The highest BCUT2D eigenvalue weighted by molar-refractivity contribution is 5.57. The van der Waals surface area contributed by atoms with Gasteiger partial charge in [0, 0.05) is 5.56 Å². The summed E-state index contributed by atoms with van der Waals surface area (Å²) in [5, 5.41) is 8.91. The summed E-state index contributed by atoms with van der Waals surface area (Å²) >= 11 is 0. The molecule has 70 valence electrons. The molecule has 1 aromatic heterocycles. The molecule has 0 spiro atoms. The number of hydrogen-bond acceptors (Lipinski definition) is 3. The fourth-order valence-electron chi connectivity index (χ4n) is 1.23. The van der Waals surface area contributed by atoms with Gasteiger partial charge in [0.2, 0.25) is 0 Å². The molecule has 1 aromatic carbocycles. The van der Waals surface area contributed by atoms with E-state index in [0.29, 0.717) is 5.69 Å². The van der Waals surface area contributed by atoms with Crippen LogP contribution in [0, 0.1) is 0 Å². The number of rotatable bonds is 2. The van der Waals surface area contributed by atoms with Crippen molar-refractivity contribution in [3.8, 4) is 11.3 Å². The van der Waals surface area contributed by atoms with Crippen molar-refractivity contribution in [1.82, 2.24) is 9.97 Å². The molecule has 0 unspecified atom stereocenters. The van der Waals surface area contributed by atoms with Gasteiger partial charge in [-0.25, -0.2) is 4.98 Å². The summed E-state index contributed by atoms with van der Waals surface area (Å²) in [5.41, 5.74) is 2.39. The maximum absolute atomic E-state index is 8.91. The standard InChI is InChI=1S/C11H10N2O/c14-8-10-6-12-7-11(13-10)9-4-2-1-3-5-9/h1-7,14H,8H2. The minimum Gasteiger partial charge on any atom is -0.390 e. The maximum Gasteiger partial charge on any atom is 0.0889 e. The van der Waals surface area contributed by atoms with E-state index in [9.17, 15) is 0 Å². The van der Waals surface area contributed by atoms with Gasteiger partial charge in [-0.05, 0) is 0 Å². The van der Waals surface area contributed by atoms with Crippen molar-refractivity contribution in [2.75, 3.05) is 0 Å². The highest BCUT2D eigenvalue weighted by Gasteiger charge is 1.99. The Balaban J connectivity index is 2.42. The van der Waals surface area contributed by atoms with Crippen LogP contribution in [0.15, 0.2) is 42.7 Å². The normalized spacial score (nSPS) is 10.1. The second kappa shape index (κ2) is 3.98. The Morgan fingerprint density at radius 3 is 2.57 bits per heavy atom. The van der Waals surface area contributed by atoms with Gasteiger partial charge >= 0.3 is 0 Å². The zero-order valence-corrected chi connectivity index (χ0v) is 7.59. The van der Waals surface area contributed by atoms with Crippen molar-refractivity contribution in [1.29, 1.82) is 0 Å². The van der Waals surface area contributed by atoms with Crippen LogP contribution < -0.4 is 0 Å². The first kappa shape index (κ1) is 8.84. The zero-order valence-electron chi connectivity index (χ0n) is 7.59. The molecule has 0 saturated heterocycles. The third-order valence-electron chi connectivity index (χ3n) is 1.92. The molecule has 1 heterocycles.